The van der Waals surface area contributed by atoms with Crippen molar-refractivity contribution in [3.8, 4) is 5.88 Å². The van der Waals surface area contributed by atoms with Crippen LogP contribution in [0.3, 0.4) is 0 Å². The number of hydrogen-bond acceptors (Lipinski definition) is 6. The van der Waals surface area contributed by atoms with Crippen LogP contribution in [0.15, 0.2) is 38.0 Å². The summed E-state index contributed by atoms with van der Waals surface area (Å²) in [6.45, 7) is 4.12. The maximum absolute atomic E-state index is 12.1. The zero-order valence-corrected chi connectivity index (χ0v) is 14.9. The highest BCUT2D eigenvalue weighted by atomic mass is 16.5. The molecule has 0 aliphatic heterocycles. The number of aromatic nitrogens is 1. The molecule has 0 saturated heterocycles. The lowest BCUT2D eigenvalue weighted by Crippen LogP contribution is -2.23. The number of carbonyl (C=O) groups is 1. The van der Waals surface area contributed by atoms with Gasteiger partial charge in [-0.05, 0) is 35.7 Å². The van der Waals surface area contributed by atoms with E-state index >= 15 is 0 Å². The van der Waals surface area contributed by atoms with Crippen molar-refractivity contribution in [1.29, 1.82) is 0 Å². The van der Waals surface area contributed by atoms with Gasteiger partial charge < -0.3 is 19.0 Å². The molecule has 0 saturated carbocycles. The predicted octanol–water partition coefficient (Wildman–Crippen LogP) is 2.66. The van der Waals surface area contributed by atoms with Gasteiger partial charge in [0.25, 0.3) is 5.88 Å². The molecule has 0 radical (unpaired) electrons. The zero-order chi connectivity index (χ0) is 18.7. The van der Waals surface area contributed by atoms with Crippen molar-refractivity contribution in [3.05, 3.63) is 57.1 Å². The normalized spacial score (nSPS) is 10.9. The van der Waals surface area contributed by atoms with Crippen LogP contribution in [0.1, 0.15) is 28.9 Å². The highest BCUT2D eigenvalue weighted by Crippen LogP contribution is 2.23. The highest BCUT2D eigenvalue weighted by molar-refractivity contribution is 5.84. The van der Waals surface area contributed by atoms with Crippen LogP contribution in [-0.4, -0.2) is 18.2 Å². The predicted molar refractivity (Wildman–Crippen MR) is 95.2 cm³/mol. The molecule has 0 bridgehead atoms. The summed E-state index contributed by atoms with van der Waals surface area (Å²) in [7, 11) is 1.50. The van der Waals surface area contributed by atoms with Gasteiger partial charge >= 0.3 is 5.63 Å². The third kappa shape index (κ3) is 3.77. The maximum atomic E-state index is 12.1. The number of carbonyl (C=O) groups excluding carboxylic acids is 1. The fourth-order valence-electron chi connectivity index (χ4n) is 2.70. The van der Waals surface area contributed by atoms with Crippen molar-refractivity contribution in [3.63, 3.8) is 0 Å². The lowest BCUT2D eigenvalue weighted by molar-refractivity contribution is -0.121. The third-order valence-corrected chi connectivity index (χ3v) is 4.34. The van der Waals surface area contributed by atoms with Crippen LogP contribution >= 0.6 is 0 Å². The molecule has 0 aliphatic carbocycles. The Hall–Kier alpha value is -3.09. The maximum Gasteiger partial charge on any atom is 0.336 e. The lowest BCUT2D eigenvalue weighted by Gasteiger charge is -2.10. The number of aryl methyl sites for hydroxylation is 3. The Morgan fingerprint density at radius 3 is 2.81 bits per heavy atom. The van der Waals surface area contributed by atoms with Crippen LogP contribution in [0.4, 0.5) is 0 Å². The van der Waals surface area contributed by atoms with Crippen molar-refractivity contribution < 1.29 is 18.5 Å². The van der Waals surface area contributed by atoms with Crippen molar-refractivity contribution >= 4 is 16.9 Å². The van der Waals surface area contributed by atoms with Crippen molar-refractivity contribution in [2.45, 2.75) is 33.2 Å². The zero-order valence-electron chi connectivity index (χ0n) is 14.9. The summed E-state index contributed by atoms with van der Waals surface area (Å²) in [5.41, 5.74) is 2.84. The molecule has 1 aromatic carbocycles. The van der Waals surface area contributed by atoms with E-state index in [1.165, 1.54) is 13.2 Å². The monoisotopic (exact) mass is 356 g/mol. The fraction of sp³-hybridized carbons (Fsp3) is 0.316. The minimum absolute atomic E-state index is 0.148. The SMILES string of the molecule is COc1cc(CCC(=O)NCc2cc(=O)oc3c(C)c(C)ccc23)on1. The Morgan fingerprint density at radius 2 is 2.08 bits per heavy atom. The first-order valence-electron chi connectivity index (χ1n) is 8.27. The van der Waals surface area contributed by atoms with E-state index in [1.807, 2.05) is 26.0 Å². The molecule has 136 valence electrons. The van der Waals surface area contributed by atoms with Gasteiger partial charge in [-0.3, -0.25) is 4.79 Å². The van der Waals surface area contributed by atoms with Gasteiger partial charge in [-0.15, -0.1) is 0 Å². The summed E-state index contributed by atoms with van der Waals surface area (Å²) in [5.74, 6) is 0.813. The Morgan fingerprint density at radius 1 is 1.27 bits per heavy atom. The summed E-state index contributed by atoms with van der Waals surface area (Å²) in [4.78, 5) is 23.9. The van der Waals surface area contributed by atoms with Gasteiger partial charge in [0.15, 0.2) is 0 Å². The second-order valence-corrected chi connectivity index (χ2v) is 6.09. The van der Waals surface area contributed by atoms with Gasteiger partial charge in [-0.2, -0.15) is 0 Å². The molecule has 1 amide bonds. The van der Waals surface area contributed by atoms with E-state index in [1.54, 1.807) is 6.07 Å². The number of nitrogens with zero attached hydrogens (tertiary/aromatic N) is 1. The Bertz CT molecular complexity index is 1000. The quantitative estimate of drug-likeness (QED) is 0.682. The first kappa shape index (κ1) is 17.7. The standard InChI is InChI=1S/C19H20N2O5/c1-11-4-6-15-13(8-18(23)25-19(15)12(11)2)10-20-16(22)7-5-14-9-17(24-3)21-26-14/h4,6,8-9H,5,7,10H2,1-3H3,(H,20,22). The molecule has 26 heavy (non-hydrogen) atoms. The smallest absolute Gasteiger partial charge is 0.336 e. The Kier molecular flexibility index (Phi) is 5.06. The first-order chi connectivity index (χ1) is 12.5. The van der Waals surface area contributed by atoms with Gasteiger partial charge in [0.2, 0.25) is 5.91 Å². The third-order valence-electron chi connectivity index (χ3n) is 4.34. The van der Waals surface area contributed by atoms with Gasteiger partial charge in [-0.1, -0.05) is 12.1 Å². The molecule has 0 aliphatic rings. The molecule has 7 nitrogen and oxygen atoms in total. The fourth-order valence-corrected chi connectivity index (χ4v) is 2.70. The molecule has 3 aromatic rings. The summed E-state index contributed by atoms with van der Waals surface area (Å²) in [6.07, 6.45) is 0.661. The van der Waals surface area contributed by atoms with Crippen LogP contribution in [0, 0.1) is 13.8 Å². The lowest BCUT2D eigenvalue weighted by atomic mass is 10.0. The highest BCUT2D eigenvalue weighted by Gasteiger charge is 2.11. The van der Waals surface area contributed by atoms with E-state index < -0.39 is 5.63 Å². The number of rotatable bonds is 6. The number of amides is 1. The van der Waals surface area contributed by atoms with E-state index in [2.05, 4.69) is 10.5 Å². The van der Waals surface area contributed by atoms with E-state index in [-0.39, 0.29) is 18.9 Å². The molecular weight excluding hydrogens is 336 g/mol. The second kappa shape index (κ2) is 7.43. The molecule has 7 heteroatoms. The van der Waals surface area contributed by atoms with E-state index in [9.17, 15) is 9.59 Å². The number of ether oxygens (including phenoxy) is 1. The van der Waals surface area contributed by atoms with Crippen molar-refractivity contribution in [1.82, 2.24) is 10.5 Å². The largest absolute Gasteiger partial charge is 0.479 e. The Balaban J connectivity index is 1.68. The summed E-state index contributed by atoms with van der Waals surface area (Å²) < 4.78 is 15.3. The van der Waals surface area contributed by atoms with Crippen LogP contribution in [0.2, 0.25) is 0 Å². The van der Waals surface area contributed by atoms with Gasteiger partial charge in [0.05, 0.1) is 7.11 Å². The summed E-state index contributed by atoms with van der Waals surface area (Å²) >= 11 is 0. The molecule has 1 N–H and O–H groups in total. The van der Waals surface area contributed by atoms with Gasteiger partial charge in [0, 0.05) is 36.9 Å². The van der Waals surface area contributed by atoms with Crippen LogP contribution in [0.5, 0.6) is 5.88 Å². The average molecular weight is 356 g/mol. The first-order valence-corrected chi connectivity index (χ1v) is 8.27. The number of hydrogen-bond donors (Lipinski definition) is 1. The molecule has 2 heterocycles. The van der Waals surface area contributed by atoms with Crippen LogP contribution in [-0.2, 0) is 17.8 Å². The number of benzene rings is 1. The summed E-state index contributed by atoms with van der Waals surface area (Å²) in [6, 6.07) is 6.94. The van der Waals surface area contributed by atoms with E-state index in [4.69, 9.17) is 13.7 Å². The molecule has 0 spiro atoms. The van der Waals surface area contributed by atoms with Crippen LogP contribution < -0.4 is 15.7 Å². The molecular formula is C19H20N2O5. The number of nitrogens with one attached hydrogen (secondary N) is 1. The van der Waals surface area contributed by atoms with Crippen molar-refractivity contribution in [2.75, 3.05) is 7.11 Å². The topological polar surface area (TPSA) is 94.6 Å². The second-order valence-electron chi connectivity index (χ2n) is 6.09. The van der Waals surface area contributed by atoms with Gasteiger partial charge in [0.1, 0.15) is 11.3 Å². The number of fused-ring (bicyclic) bond motifs is 1. The Labute approximate surface area is 149 Å². The van der Waals surface area contributed by atoms with Crippen LogP contribution in [0.25, 0.3) is 11.0 Å². The molecule has 3 rings (SSSR count). The minimum Gasteiger partial charge on any atom is -0.479 e. The molecule has 2 aromatic heterocycles. The molecule has 0 atom stereocenters. The summed E-state index contributed by atoms with van der Waals surface area (Å²) in [5, 5.41) is 7.35. The van der Waals surface area contributed by atoms with Gasteiger partial charge in [-0.25, -0.2) is 4.79 Å². The average Bonchev–Trinajstić information content (AvgIpc) is 3.09. The molecule has 0 unspecified atom stereocenters. The molecule has 0 fully saturated rings. The van der Waals surface area contributed by atoms with E-state index in [0.717, 1.165) is 22.1 Å². The van der Waals surface area contributed by atoms with Crippen molar-refractivity contribution in [2.24, 2.45) is 0 Å². The number of methoxy groups -OCH3 is 1. The minimum atomic E-state index is -0.427. The van der Waals surface area contributed by atoms with E-state index in [0.29, 0.717) is 23.6 Å².